The lowest BCUT2D eigenvalue weighted by molar-refractivity contribution is 0.0595. The number of phenols is 1. The summed E-state index contributed by atoms with van der Waals surface area (Å²) < 4.78 is 18.6. The van der Waals surface area contributed by atoms with Gasteiger partial charge in [0, 0.05) is 0 Å². The van der Waals surface area contributed by atoms with Gasteiger partial charge in [-0.2, -0.15) is 0 Å². The number of aromatic hydroxyl groups is 1. The number of phenolic OH excluding ortho intramolecular Hbond substituents is 1. The Morgan fingerprint density at radius 3 is 2.55 bits per heavy atom. The molecule has 102 valence electrons. The standard InChI is InChI=1S/C16H13FO3/c1-20-16(19)14-7-10-3-2-9-6-11(18)4-5-12(9)13(10)8-15(14)17/h4-8,18H,2-3H2,1H3. The molecule has 2 aromatic carbocycles. The summed E-state index contributed by atoms with van der Waals surface area (Å²) in [4.78, 5) is 11.5. The number of esters is 1. The average Bonchev–Trinajstić information content (AvgIpc) is 2.45. The molecule has 0 bridgehead atoms. The van der Waals surface area contributed by atoms with Crippen LogP contribution in [0.2, 0.25) is 0 Å². The number of ether oxygens (including phenoxy) is 1. The van der Waals surface area contributed by atoms with Gasteiger partial charge >= 0.3 is 5.97 Å². The van der Waals surface area contributed by atoms with Crippen molar-refractivity contribution in [3.8, 4) is 16.9 Å². The predicted molar refractivity (Wildman–Crippen MR) is 72.2 cm³/mol. The average molecular weight is 272 g/mol. The third kappa shape index (κ3) is 1.93. The molecule has 3 rings (SSSR count). The van der Waals surface area contributed by atoms with Crippen LogP contribution >= 0.6 is 0 Å². The minimum atomic E-state index is -0.665. The second kappa shape index (κ2) is 4.63. The smallest absolute Gasteiger partial charge is 0.340 e. The van der Waals surface area contributed by atoms with Gasteiger partial charge in [0.1, 0.15) is 11.6 Å². The lowest BCUT2D eigenvalue weighted by Crippen LogP contribution is -2.10. The molecule has 1 aliphatic rings. The van der Waals surface area contributed by atoms with E-state index in [0.29, 0.717) is 6.42 Å². The van der Waals surface area contributed by atoms with Crippen molar-refractivity contribution in [3.63, 3.8) is 0 Å². The first-order chi connectivity index (χ1) is 9.60. The fraction of sp³-hybridized carbons (Fsp3) is 0.188. The van der Waals surface area contributed by atoms with Gasteiger partial charge in [-0.05, 0) is 59.4 Å². The third-order valence-electron chi connectivity index (χ3n) is 3.64. The molecular weight excluding hydrogens is 259 g/mol. The molecule has 0 radical (unpaired) electrons. The summed E-state index contributed by atoms with van der Waals surface area (Å²) in [6.45, 7) is 0. The van der Waals surface area contributed by atoms with Crippen molar-refractivity contribution in [2.24, 2.45) is 0 Å². The number of carbonyl (C=O) groups is 1. The number of fused-ring (bicyclic) bond motifs is 3. The van der Waals surface area contributed by atoms with E-state index < -0.39 is 11.8 Å². The van der Waals surface area contributed by atoms with Gasteiger partial charge < -0.3 is 9.84 Å². The van der Waals surface area contributed by atoms with Crippen LogP contribution in [0.25, 0.3) is 11.1 Å². The fourth-order valence-corrected chi connectivity index (χ4v) is 2.66. The number of methoxy groups -OCH3 is 1. The maximum absolute atomic E-state index is 14.0. The van der Waals surface area contributed by atoms with Crippen LogP contribution in [0.4, 0.5) is 4.39 Å². The number of hydrogen-bond acceptors (Lipinski definition) is 3. The van der Waals surface area contributed by atoms with Gasteiger partial charge in [0.15, 0.2) is 0 Å². The highest BCUT2D eigenvalue weighted by molar-refractivity contribution is 5.91. The number of hydrogen-bond donors (Lipinski definition) is 1. The largest absolute Gasteiger partial charge is 0.508 e. The normalized spacial score (nSPS) is 12.5. The Hall–Kier alpha value is -2.36. The van der Waals surface area contributed by atoms with E-state index in [-0.39, 0.29) is 11.3 Å². The third-order valence-corrected chi connectivity index (χ3v) is 3.64. The maximum atomic E-state index is 14.0. The van der Waals surface area contributed by atoms with E-state index in [9.17, 15) is 14.3 Å². The van der Waals surface area contributed by atoms with Crippen LogP contribution in [-0.2, 0) is 17.6 Å². The van der Waals surface area contributed by atoms with E-state index in [0.717, 1.165) is 28.7 Å². The zero-order valence-corrected chi connectivity index (χ0v) is 10.9. The fourth-order valence-electron chi connectivity index (χ4n) is 2.66. The first kappa shape index (κ1) is 12.7. The second-order valence-corrected chi connectivity index (χ2v) is 4.82. The molecule has 0 amide bonds. The van der Waals surface area contributed by atoms with Crippen molar-refractivity contribution in [2.45, 2.75) is 12.8 Å². The Morgan fingerprint density at radius 1 is 1.15 bits per heavy atom. The van der Waals surface area contributed by atoms with E-state index in [4.69, 9.17) is 0 Å². The molecule has 0 aromatic heterocycles. The molecule has 1 N–H and O–H groups in total. The van der Waals surface area contributed by atoms with Crippen molar-refractivity contribution < 1.29 is 19.0 Å². The van der Waals surface area contributed by atoms with Crippen LogP contribution in [0.3, 0.4) is 0 Å². The van der Waals surface area contributed by atoms with Gasteiger partial charge in [-0.1, -0.05) is 6.07 Å². The highest BCUT2D eigenvalue weighted by Crippen LogP contribution is 2.36. The van der Waals surface area contributed by atoms with Gasteiger partial charge in [-0.25, -0.2) is 9.18 Å². The Bertz CT molecular complexity index is 707. The number of halogens is 1. The minimum absolute atomic E-state index is 0.0338. The van der Waals surface area contributed by atoms with Crippen molar-refractivity contribution >= 4 is 5.97 Å². The summed E-state index contributed by atoms with van der Waals surface area (Å²) >= 11 is 0. The number of carbonyl (C=O) groups excluding carboxylic acids is 1. The zero-order chi connectivity index (χ0) is 14.3. The van der Waals surface area contributed by atoms with Crippen LogP contribution in [0.5, 0.6) is 5.75 Å². The number of benzene rings is 2. The van der Waals surface area contributed by atoms with E-state index in [1.807, 2.05) is 0 Å². The highest BCUT2D eigenvalue weighted by Gasteiger charge is 2.21. The zero-order valence-electron chi connectivity index (χ0n) is 10.9. The van der Waals surface area contributed by atoms with Crippen LogP contribution < -0.4 is 0 Å². The maximum Gasteiger partial charge on any atom is 0.340 e. The van der Waals surface area contributed by atoms with E-state index >= 15 is 0 Å². The van der Waals surface area contributed by atoms with Crippen molar-refractivity contribution in [2.75, 3.05) is 7.11 Å². The molecule has 0 spiro atoms. The Morgan fingerprint density at radius 2 is 1.85 bits per heavy atom. The molecule has 0 fully saturated rings. The van der Waals surface area contributed by atoms with Crippen molar-refractivity contribution in [1.29, 1.82) is 0 Å². The predicted octanol–water partition coefficient (Wildman–Crippen LogP) is 3.08. The first-order valence-electron chi connectivity index (χ1n) is 6.33. The SMILES string of the molecule is COC(=O)c1cc2c(cc1F)-c1ccc(O)cc1CC2. The number of aryl methyl sites for hydroxylation is 2. The van der Waals surface area contributed by atoms with Crippen LogP contribution in [-0.4, -0.2) is 18.2 Å². The molecule has 2 aromatic rings. The molecule has 0 heterocycles. The van der Waals surface area contributed by atoms with Gasteiger partial charge in [0.2, 0.25) is 0 Å². The molecule has 0 saturated carbocycles. The quantitative estimate of drug-likeness (QED) is 0.811. The lowest BCUT2D eigenvalue weighted by Gasteiger charge is -2.21. The molecule has 20 heavy (non-hydrogen) atoms. The van der Waals surface area contributed by atoms with E-state index in [1.165, 1.54) is 13.2 Å². The Balaban J connectivity index is 2.17. The summed E-state index contributed by atoms with van der Waals surface area (Å²) in [6.07, 6.45) is 1.46. The van der Waals surface area contributed by atoms with E-state index in [2.05, 4.69) is 4.74 Å². The summed E-state index contributed by atoms with van der Waals surface area (Å²) in [5.74, 6) is -1.04. The van der Waals surface area contributed by atoms with Crippen molar-refractivity contribution in [3.05, 3.63) is 52.8 Å². The molecule has 1 aliphatic carbocycles. The highest BCUT2D eigenvalue weighted by atomic mass is 19.1. The molecular formula is C16H13FO3. The van der Waals surface area contributed by atoms with Crippen LogP contribution in [0, 0.1) is 5.82 Å². The van der Waals surface area contributed by atoms with Crippen molar-refractivity contribution in [1.82, 2.24) is 0 Å². The van der Waals surface area contributed by atoms with E-state index in [1.54, 1.807) is 24.3 Å². The molecule has 0 aliphatic heterocycles. The molecule has 3 nitrogen and oxygen atoms in total. The van der Waals surface area contributed by atoms with Gasteiger partial charge in [0.25, 0.3) is 0 Å². The molecule has 4 heteroatoms. The Kier molecular flexibility index (Phi) is 2.93. The summed E-state index contributed by atoms with van der Waals surface area (Å²) in [6, 6.07) is 7.99. The first-order valence-corrected chi connectivity index (χ1v) is 6.33. The summed E-state index contributed by atoms with van der Waals surface area (Å²) in [5.41, 5.74) is 3.55. The van der Waals surface area contributed by atoms with Crippen LogP contribution in [0.1, 0.15) is 21.5 Å². The van der Waals surface area contributed by atoms with Gasteiger partial charge in [-0.3, -0.25) is 0 Å². The molecule has 0 saturated heterocycles. The lowest BCUT2D eigenvalue weighted by atomic mass is 9.84. The second-order valence-electron chi connectivity index (χ2n) is 4.82. The molecule has 0 unspecified atom stereocenters. The topological polar surface area (TPSA) is 46.5 Å². The number of rotatable bonds is 1. The van der Waals surface area contributed by atoms with Gasteiger partial charge in [-0.15, -0.1) is 0 Å². The Labute approximate surface area is 115 Å². The molecule has 0 atom stereocenters. The minimum Gasteiger partial charge on any atom is -0.508 e. The van der Waals surface area contributed by atoms with Crippen LogP contribution in [0.15, 0.2) is 30.3 Å². The monoisotopic (exact) mass is 272 g/mol. The van der Waals surface area contributed by atoms with Gasteiger partial charge in [0.05, 0.1) is 12.7 Å². The summed E-state index contributed by atoms with van der Waals surface area (Å²) in [7, 11) is 1.24. The summed E-state index contributed by atoms with van der Waals surface area (Å²) in [5, 5.41) is 9.50.